The van der Waals surface area contributed by atoms with E-state index in [4.69, 9.17) is 0 Å². The Hall–Kier alpha value is -0.0800. The minimum absolute atomic E-state index is 0.693. The van der Waals surface area contributed by atoms with Crippen LogP contribution in [-0.4, -0.2) is 25.2 Å². The zero-order valence-corrected chi connectivity index (χ0v) is 10.1. The fourth-order valence-corrected chi connectivity index (χ4v) is 2.23. The first-order valence-corrected chi connectivity index (χ1v) is 6.04. The molecule has 1 fully saturated rings. The first-order valence-electron chi connectivity index (χ1n) is 6.04. The lowest BCUT2D eigenvalue weighted by molar-refractivity contribution is 0.287. The third-order valence-corrected chi connectivity index (χ3v) is 2.82. The summed E-state index contributed by atoms with van der Waals surface area (Å²) < 4.78 is 0. The summed E-state index contributed by atoms with van der Waals surface area (Å²) in [5.74, 6) is 1.60. The third-order valence-electron chi connectivity index (χ3n) is 2.82. The number of nitrogens with one attached hydrogen (secondary N) is 2. The van der Waals surface area contributed by atoms with E-state index in [2.05, 4.69) is 38.3 Å². The van der Waals surface area contributed by atoms with Crippen molar-refractivity contribution in [2.45, 2.75) is 52.6 Å². The van der Waals surface area contributed by atoms with E-state index in [0.29, 0.717) is 12.1 Å². The molecule has 0 saturated carbocycles. The Bertz CT molecular complexity index is 128. The van der Waals surface area contributed by atoms with Crippen molar-refractivity contribution in [3.63, 3.8) is 0 Å². The molecule has 1 heterocycles. The van der Waals surface area contributed by atoms with Crippen LogP contribution in [0, 0.1) is 11.8 Å². The van der Waals surface area contributed by atoms with Gasteiger partial charge < -0.3 is 10.6 Å². The second-order valence-electron chi connectivity index (χ2n) is 5.47. The van der Waals surface area contributed by atoms with E-state index in [1.165, 1.54) is 12.8 Å². The molecule has 0 aromatic carbocycles. The lowest BCUT2D eigenvalue weighted by Gasteiger charge is -2.33. The Labute approximate surface area is 88.8 Å². The predicted octanol–water partition coefficient (Wildman–Crippen LogP) is 2.01. The normalized spacial score (nSPS) is 28.7. The molecule has 0 unspecified atom stereocenters. The van der Waals surface area contributed by atoms with E-state index in [0.717, 1.165) is 24.9 Å². The van der Waals surface area contributed by atoms with Crippen LogP contribution in [0.2, 0.25) is 0 Å². The molecular formula is C12H26N2. The lowest BCUT2D eigenvalue weighted by atomic mass is 9.98. The van der Waals surface area contributed by atoms with Gasteiger partial charge in [0, 0.05) is 25.2 Å². The summed E-state index contributed by atoms with van der Waals surface area (Å²) in [5, 5.41) is 7.29. The van der Waals surface area contributed by atoms with Gasteiger partial charge in [-0.2, -0.15) is 0 Å². The van der Waals surface area contributed by atoms with Gasteiger partial charge in [-0.15, -0.1) is 0 Å². The van der Waals surface area contributed by atoms with Crippen molar-refractivity contribution in [2.75, 3.05) is 13.1 Å². The van der Waals surface area contributed by atoms with Crippen LogP contribution in [-0.2, 0) is 0 Å². The molecule has 2 heteroatoms. The van der Waals surface area contributed by atoms with E-state index < -0.39 is 0 Å². The molecule has 14 heavy (non-hydrogen) atoms. The summed E-state index contributed by atoms with van der Waals surface area (Å²) in [6.45, 7) is 11.5. The van der Waals surface area contributed by atoms with Crippen molar-refractivity contribution in [3.8, 4) is 0 Å². The number of hydrogen-bond acceptors (Lipinski definition) is 2. The first-order chi connectivity index (χ1) is 6.58. The minimum atomic E-state index is 0.693. The van der Waals surface area contributed by atoms with Gasteiger partial charge in [0.15, 0.2) is 0 Å². The van der Waals surface area contributed by atoms with Crippen molar-refractivity contribution in [1.82, 2.24) is 10.6 Å². The summed E-state index contributed by atoms with van der Waals surface area (Å²) in [6, 6.07) is 1.39. The first kappa shape index (κ1) is 12.0. The summed E-state index contributed by atoms with van der Waals surface area (Å²) in [7, 11) is 0. The maximum atomic E-state index is 3.64. The molecule has 0 bridgehead atoms. The van der Waals surface area contributed by atoms with Gasteiger partial charge in [-0.3, -0.25) is 0 Å². The summed E-state index contributed by atoms with van der Waals surface area (Å²) >= 11 is 0. The lowest BCUT2D eigenvalue weighted by Crippen LogP contribution is -2.54. The molecule has 0 spiro atoms. The topological polar surface area (TPSA) is 24.1 Å². The highest BCUT2D eigenvalue weighted by molar-refractivity contribution is 4.83. The molecule has 2 nitrogen and oxygen atoms in total. The zero-order chi connectivity index (χ0) is 10.6. The van der Waals surface area contributed by atoms with Gasteiger partial charge in [-0.05, 0) is 24.7 Å². The van der Waals surface area contributed by atoms with Gasteiger partial charge >= 0.3 is 0 Å². The number of piperazine rings is 1. The molecule has 0 radical (unpaired) electrons. The van der Waals surface area contributed by atoms with E-state index >= 15 is 0 Å². The molecule has 84 valence electrons. The molecular weight excluding hydrogens is 172 g/mol. The van der Waals surface area contributed by atoms with Gasteiger partial charge in [0.25, 0.3) is 0 Å². The van der Waals surface area contributed by atoms with Crippen LogP contribution in [0.5, 0.6) is 0 Å². The Kier molecular flexibility index (Phi) is 4.90. The van der Waals surface area contributed by atoms with E-state index in [-0.39, 0.29) is 0 Å². The maximum absolute atomic E-state index is 3.64. The zero-order valence-electron chi connectivity index (χ0n) is 10.1. The van der Waals surface area contributed by atoms with Crippen molar-refractivity contribution >= 4 is 0 Å². The van der Waals surface area contributed by atoms with Crippen LogP contribution in [0.25, 0.3) is 0 Å². The molecule has 1 saturated heterocycles. The highest BCUT2D eigenvalue weighted by atomic mass is 15.1. The molecule has 0 aromatic heterocycles. The third kappa shape index (κ3) is 4.43. The van der Waals surface area contributed by atoms with Crippen LogP contribution in [0.15, 0.2) is 0 Å². The van der Waals surface area contributed by atoms with Gasteiger partial charge in [0.2, 0.25) is 0 Å². The SMILES string of the molecule is CC(C)C[C@H]1CN[C@@H](CC(C)C)CN1. The van der Waals surface area contributed by atoms with Gasteiger partial charge in [-0.25, -0.2) is 0 Å². The molecule has 0 amide bonds. The molecule has 1 aliphatic heterocycles. The van der Waals surface area contributed by atoms with E-state index in [9.17, 15) is 0 Å². The van der Waals surface area contributed by atoms with Crippen LogP contribution < -0.4 is 10.6 Å². The Morgan fingerprint density at radius 2 is 1.21 bits per heavy atom. The fraction of sp³-hybridized carbons (Fsp3) is 1.00. The van der Waals surface area contributed by atoms with E-state index in [1.54, 1.807) is 0 Å². The van der Waals surface area contributed by atoms with E-state index in [1.807, 2.05) is 0 Å². The maximum Gasteiger partial charge on any atom is 0.0195 e. The second kappa shape index (κ2) is 5.72. The Balaban J connectivity index is 2.17. The van der Waals surface area contributed by atoms with Gasteiger partial charge in [-0.1, -0.05) is 27.7 Å². The smallest absolute Gasteiger partial charge is 0.0195 e. The summed E-state index contributed by atoms with van der Waals surface area (Å²) in [5.41, 5.74) is 0. The van der Waals surface area contributed by atoms with Crippen molar-refractivity contribution in [3.05, 3.63) is 0 Å². The fourth-order valence-electron chi connectivity index (χ4n) is 2.23. The highest BCUT2D eigenvalue weighted by Crippen LogP contribution is 2.10. The van der Waals surface area contributed by atoms with Crippen molar-refractivity contribution in [2.24, 2.45) is 11.8 Å². The quantitative estimate of drug-likeness (QED) is 0.722. The summed E-state index contributed by atoms with van der Waals surface area (Å²) in [6.07, 6.45) is 2.59. The average Bonchev–Trinajstić information content (AvgIpc) is 2.06. The highest BCUT2D eigenvalue weighted by Gasteiger charge is 2.20. The van der Waals surface area contributed by atoms with Crippen LogP contribution in [0.1, 0.15) is 40.5 Å². The van der Waals surface area contributed by atoms with Crippen LogP contribution in [0.3, 0.4) is 0 Å². The largest absolute Gasteiger partial charge is 0.311 e. The van der Waals surface area contributed by atoms with Gasteiger partial charge in [0.1, 0.15) is 0 Å². The molecule has 2 atom stereocenters. The Morgan fingerprint density at radius 3 is 1.43 bits per heavy atom. The van der Waals surface area contributed by atoms with Crippen LogP contribution in [0.4, 0.5) is 0 Å². The number of hydrogen-bond donors (Lipinski definition) is 2. The predicted molar refractivity (Wildman–Crippen MR) is 62.5 cm³/mol. The molecule has 1 rings (SSSR count). The Morgan fingerprint density at radius 1 is 0.857 bits per heavy atom. The number of rotatable bonds is 4. The van der Waals surface area contributed by atoms with Crippen molar-refractivity contribution in [1.29, 1.82) is 0 Å². The standard InChI is InChI=1S/C12H26N2/c1-9(2)5-11-7-14-12(8-13-11)6-10(3)4/h9-14H,5-8H2,1-4H3/t11-,12-/m0/s1. The van der Waals surface area contributed by atoms with Gasteiger partial charge in [0.05, 0.1) is 0 Å². The monoisotopic (exact) mass is 198 g/mol. The van der Waals surface area contributed by atoms with Crippen LogP contribution >= 0.6 is 0 Å². The summed E-state index contributed by atoms with van der Waals surface area (Å²) in [4.78, 5) is 0. The van der Waals surface area contributed by atoms with Crippen molar-refractivity contribution < 1.29 is 0 Å². The molecule has 0 aromatic rings. The second-order valence-corrected chi connectivity index (χ2v) is 5.47. The average molecular weight is 198 g/mol. The molecule has 1 aliphatic rings. The molecule has 2 N–H and O–H groups in total. The molecule has 0 aliphatic carbocycles. The minimum Gasteiger partial charge on any atom is -0.311 e.